The van der Waals surface area contributed by atoms with Gasteiger partial charge in [-0.25, -0.2) is 4.98 Å². The molecule has 3 aromatic heterocycles. The predicted octanol–water partition coefficient (Wildman–Crippen LogP) is 4.21. The minimum atomic E-state index is 0.510. The van der Waals surface area contributed by atoms with Gasteiger partial charge in [-0.2, -0.15) is 4.52 Å². The quantitative estimate of drug-likeness (QED) is 0.532. The molecule has 0 spiro atoms. The molecule has 138 valence electrons. The highest BCUT2D eigenvalue weighted by Gasteiger charge is 2.15. The van der Waals surface area contributed by atoms with Gasteiger partial charge in [0.1, 0.15) is 5.82 Å². The molecule has 27 heavy (non-hydrogen) atoms. The molecule has 4 aromatic rings. The van der Waals surface area contributed by atoms with Crippen molar-refractivity contribution in [2.75, 3.05) is 11.1 Å². The van der Waals surface area contributed by atoms with E-state index >= 15 is 0 Å². The predicted molar refractivity (Wildman–Crippen MR) is 109 cm³/mol. The number of nitrogens with zero attached hydrogens (tertiary/aromatic N) is 5. The maximum Gasteiger partial charge on any atom is 0.217 e. The Morgan fingerprint density at radius 3 is 2.89 bits per heavy atom. The maximum absolute atomic E-state index is 5.80. The van der Waals surface area contributed by atoms with Crippen molar-refractivity contribution < 1.29 is 0 Å². The van der Waals surface area contributed by atoms with E-state index in [1.54, 1.807) is 4.52 Å². The van der Waals surface area contributed by atoms with Gasteiger partial charge in [0, 0.05) is 10.9 Å². The second-order valence-electron chi connectivity index (χ2n) is 6.73. The van der Waals surface area contributed by atoms with Crippen LogP contribution in [-0.2, 0) is 0 Å². The van der Waals surface area contributed by atoms with Crippen molar-refractivity contribution in [3.8, 4) is 0 Å². The number of aromatic nitrogens is 5. The lowest BCUT2D eigenvalue weighted by Gasteiger charge is -2.23. The maximum atomic E-state index is 5.80. The lowest BCUT2D eigenvalue weighted by atomic mass is 9.95. The van der Waals surface area contributed by atoms with E-state index in [4.69, 9.17) is 10.8 Å². The Hall–Kier alpha value is -2.39. The molecule has 0 aliphatic heterocycles. The van der Waals surface area contributed by atoms with Crippen LogP contribution in [0.25, 0.3) is 15.9 Å². The van der Waals surface area contributed by atoms with Crippen LogP contribution in [0.2, 0.25) is 0 Å². The lowest BCUT2D eigenvalue weighted by Crippen LogP contribution is -2.23. The number of hydrogen-bond donors (Lipinski definition) is 2. The van der Waals surface area contributed by atoms with Gasteiger partial charge < -0.3 is 11.1 Å². The summed E-state index contributed by atoms with van der Waals surface area (Å²) >= 11 is 3.03. The fourth-order valence-corrected chi connectivity index (χ4v) is 5.13. The normalized spacial score (nSPS) is 15.6. The Kier molecular flexibility index (Phi) is 4.33. The van der Waals surface area contributed by atoms with Crippen LogP contribution in [0.4, 0.5) is 10.9 Å². The summed E-state index contributed by atoms with van der Waals surface area (Å²) in [6, 6.07) is 10.5. The zero-order valence-corrected chi connectivity index (χ0v) is 16.3. The van der Waals surface area contributed by atoms with Crippen molar-refractivity contribution in [3.05, 3.63) is 30.3 Å². The van der Waals surface area contributed by atoms with Crippen LogP contribution < -0.4 is 11.1 Å². The van der Waals surface area contributed by atoms with Crippen molar-refractivity contribution in [2.24, 2.45) is 0 Å². The third-order valence-electron chi connectivity index (χ3n) is 4.78. The third-order valence-corrected chi connectivity index (χ3v) is 6.55. The van der Waals surface area contributed by atoms with Crippen molar-refractivity contribution in [2.45, 2.75) is 48.2 Å². The van der Waals surface area contributed by atoms with Crippen LogP contribution >= 0.6 is 23.1 Å². The first-order valence-electron chi connectivity index (χ1n) is 9.07. The van der Waals surface area contributed by atoms with E-state index in [1.165, 1.54) is 55.2 Å². The molecule has 0 saturated heterocycles. The van der Waals surface area contributed by atoms with Gasteiger partial charge in [0.05, 0.1) is 10.2 Å². The fourth-order valence-electron chi connectivity index (χ4n) is 3.46. The molecule has 3 N–H and O–H groups in total. The fraction of sp³-hybridized carbons (Fsp3) is 0.333. The molecule has 1 aliphatic rings. The van der Waals surface area contributed by atoms with Gasteiger partial charge in [0.2, 0.25) is 5.16 Å². The van der Waals surface area contributed by atoms with Gasteiger partial charge in [-0.1, -0.05) is 30.6 Å². The van der Waals surface area contributed by atoms with E-state index in [1.807, 2.05) is 24.3 Å². The molecule has 0 unspecified atom stereocenters. The Labute approximate surface area is 164 Å². The molecule has 5 rings (SSSR count). The van der Waals surface area contributed by atoms with Crippen molar-refractivity contribution >= 4 is 49.9 Å². The Morgan fingerprint density at radius 2 is 2.00 bits per heavy atom. The highest BCUT2D eigenvalue weighted by atomic mass is 32.2. The highest BCUT2D eigenvalue weighted by molar-refractivity contribution is 7.99. The molecule has 7 nitrogen and oxygen atoms in total. The molecule has 0 amide bonds. The van der Waals surface area contributed by atoms with Gasteiger partial charge in [0.15, 0.2) is 10.8 Å². The molecule has 0 atom stereocenters. The number of fused-ring (bicyclic) bond motifs is 2. The number of anilines is 2. The molecular formula is C18H19N7S2. The van der Waals surface area contributed by atoms with E-state index in [0.29, 0.717) is 11.2 Å². The second-order valence-corrected chi connectivity index (χ2v) is 8.84. The van der Waals surface area contributed by atoms with E-state index in [-0.39, 0.29) is 0 Å². The summed E-state index contributed by atoms with van der Waals surface area (Å²) in [5.41, 5.74) is 7.47. The largest absolute Gasteiger partial charge is 0.375 e. The van der Waals surface area contributed by atoms with Crippen molar-refractivity contribution in [3.63, 3.8) is 0 Å². The van der Waals surface area contributed by atoms with Crippen LogP contribution in [0.1, 0.15) is 32.1 Å². The number of rotatable bonds is 4. The summed E-state index contributed by atoms with van der Waals surface area (Å²) in [5.74, 6) is 0.877. The number of hydrogen-bond acceptors (Lipinski definition) is 8. The third kappa shape index (κ3) is 3.44. The summed E-state index contributed by atoms with van der Waals surface area (Å²) in [4.78, 5) is 5.36. The standard InChI is InChI=1S/C18H19N7S2/c19-17-21-13-7-6-12(10-14(13)27-17)26-18-23-22-16-9-8-15(24-25(16)18)20-11-4-2-1-3-5-11/h6-11H,1-5H2,(H2,19,21)(H,20,24). The zero-order valence-electron chi connectivity index (χ0n) is 14.6. The number of nitrogens with one attached hydrogen (secondary N) is 1. The molecule has 0 radical (unpaired) electrons. The summed E-state index contributed by atoms with van der Waals surface area (Å²) in [6.45, 7) is 0. The Balaban J connectivity index is 1.42. The Morgan fingerprint density at radius 1 is 1.11 bits per heavy atom. The van der Waals surface area contributed by atoms with Crippen LogP contribution in [0.3, 0.4) is 0 Å². The van der Waals surface area contributed by atoms with Crippen LogP contribution in [-0.4, -0.2) is 30.8 Å². The first-order chi connectivity index (χ1) is 13.2. The molecule has 0 bridgehead atoms. The first kappa shape index (κ1) is 16.8. The monoisotopic (exact) mass is 397 g/mol. The molecule has 1 aliphatic carbocycles. The van der Waals surface area contributed by atoms with Gasteiger partial charge in [-0.15, -0.1) is 15.3 Å². The molecular weight excluding hydrogens is 378 g/mol. The van der Waals surface area contributed by atoms with Crippen molar-refractivity contribution in [1.29, 1.82) is 0 Å². The summed E-state index contributed by atoms with van der Waals surface area (Å²) < 4.78 is 2.88. The number of benzene rings is 1. The van der Waals surface area contributed by atoms with Gasteiger partial charge >= 0.3 is 0 Å². The van der Waals surface area contributed by atoms with E-state index in [9.17, 15) is 0 Å². The van der Waals surface area contributed by atoms with Crippen LogP contribution in [0.5, 0.6) is 0 Å². The molecule has 3 heterocycles. The minimum Gasteiger partial charge on any atom is -0.375 e. The van der Waals surface area contributed by atoms with Gasteiger partial charge in [-0.05, 0) is 54.9 Å². The summed E-state index contributed by atoms with van der Waals surface area (Å²) in [5, 5.41) is 18.2. The molecule has 1 saturated carbocycles. The molecule has 1 aromatic carbocycles. The first-order valence-corrected chi connectivity index (χ1v) is 10.7. The SMILES string of the molecule is Nc1nc2ccc(Sc3nnc4ccc(NC5CCCCC5)nn34)cc2s1. The average Bonchev–Trinajstić information content (AvgIpc) is 3.25. The average molecular weight is 398 g/mol. The topological polar surface area (TPSA) is 94.0 Å². The van der Waals surface area contributed by atoms with Crippen LogP contribution in [0, 0.1) is 0 Å². The van der Waals surface area contributed by atoms with Crippen molar-refractivity contribution in [1.82, 2.24) is 24.8 Å². The van der Waals surface area contributed by atoms with E-state index in [0.717, 1.165) is 31.7 Å². The van der Waals surface area contributed by atoms with E-state index in [2.05, 4.69) is 26.6 Å². The zero-order chi connectivity index (χ0) is 18.2. The molecule has 1 fully saturated rings. The van der Waals surface area contributed by atoms with E-state index < -0.39 is 0 Å². The minimum absolute atomic E-state index is 0.510. The van der Waals surface area contributed by atoms with Crippen LogP contribution in [0.15, 0.2) is 40.4 Å². The number of nitrogens with two attached hydrogens (primary N) is 1. The lowest BCUT2D eigenvalue weighted by molar-refractivity contribution is 0.461. The Bertz CT molecular complexity index is 1100. The highest BCUT2D eigenvalue weighted by Crippen LogP contribution is 2.32. The number of nitrogen functional groups attached to an aromatic ring is 1. The van der Waals surface area contributed by atoms with Gasteiger partial charge in [-0.3, -0.25) is 0 Å². The van der Waals surface area contributed by atoms with Gasteiger partial charge in [0.25, 0.3) is 0 Å². The molecule has 9 heteroatoms. The summed E-state index contributed by atoms with van der Waals surface area (Å²) in [6.07, 6.45) is 6.34. The smallest absolute Gasteiger partial charge is 0.217 e. The summed E-state index contributed by atoms with van der Waals surface area (Å²) in [7, 11) is 0. The second kappa shape index (κ2) is 6.97. The number of thiazole rings is 1.